The van der Waals surface area contributed by atoms with Crippen molar-refractivity contribution in [3.8, 4) is 0 Å². The van der Waals surface area contributed by atoms with Crippen LogP contribution in [0.1, 0.15) is 44.1 Å². The Balaban J connectivity index is 0.000000219. The molecule has 0 unspecified atom stereocenters. The molecule has 2 aliphatic rings. The van der Waals surface area contributed by atoms with Gasteiger partial charge in [-0.3, -0.25) is 0 Å². The van der Waals surface area contributed by atoms with Crippen molar-refractivity contribution in [2.75, 3.05) is 18.5 Å². The molecule has 4 rings (SSSR count). The number of fused-ring (bicyclic) bond motifs is 1. The summed E-state index contributed by atoms with van der Waals surface area (Å²) >= 11 is 1.74. The first kappa shape index (κ1) is 18.0. The Hall–Kier alpha value is -1.79. The molecule has 1 aromatic heterocycles. The standard InChI is InChI=1S/C13H14N4S.C6H12O/c1-18-17-6-5-10(8-17)11-4-2-3-9-7-15-13(14)16-12(9)11;7-6-4-2-1-3-5-6/h2-4,7-8H,5-6H2,1H3,(H2,14,15,16);6-7H,1-5H2. The molecule has 134 valence electrons. The molecule has 5 nitrogen and oxygen atoms in total. The molecule has 0 radical (unpaired) electrons. The number of nitrogens with two attached hydrogens (primary N) is 1. The molecule has 1 saturated carbocycles. The fourth-order valence-electron chi connectivity index (χ4n) is 3.29. The number of hydrogen-bond acceptors (Lipinski definition) is 6. The molecule has 25 heavy (non-hydrogen) atoms. The van der Waals surface area contributed by atoms with Gasteiger partial charge < -0.3 is 15.1 Å². The largest absolute Gasteiger partial charge is 0.393 e. The van der Waals surface area contributed by atoms with Crippen LogP contribution in [0.25, 0.3) is 16.5 Å². The maximum Gasteiger partial charge on any atom is 0.220 e. The highest BCUT2D eigenvalue weighted by Gasteiger charge is 2.16. The van der Waals surface area contributed by atoms with Crippen LogP contribution >= 0.6 is 11.9 Å². The van der Waals surface area contributed by atoms with Crippen LogP contribution in [-0.2, 0) is 0 Å². The van der Waals surface area contributed by atoms with E-state index in [1.54, 1.807) is 18.1 Å². The summed E-state index contributed by atoms with van der Waals surface area (Å²) in [5.41, 5.74) is 9.11. The van der Waals surface area contributed by atoms with E-state index >= 15 is 0 Å². The van der Waals surface area contributed by atoms with Crippen LogP contribution in [0.5, 0.6) is 0 Å². The van der Waals surface area contributed by atoms with Crippen LogP contribution < -0.4 is 5.73 Å². The highest BCUT2D eigenvalue weighted by molar-refractivity contribution is 7.96. The molecule has 0 atom stereocenters. The first-order chi connectivity index (χ1) is 12.2. The lowest BCUT2D eigenvalue weighted by Gasteiger charge is -2.14. The molecule has 2 aromatic rings. The Bertz CT molecular complexity index is 743. The number of aliphatic hydroxyl groups is 1. The van der Waals surface area contributed by atoms with Gasteiger partial charge in [-0.05, 0) is 24.8 Å². The van der Waals surface area contributed by atoms with Crippen molar-refractivity contribution in [1.29, 1.82) is 0 Å². The van der Waals surface area contributed by atoms with Crippen molar-refractivity contribution in [3.63, 3.8) is 0 Å². The van der Waals surface area contributed by atoms with Gasteiger partial charge in [-0.15, -0.1) is 0 Å². The number of benzene rings is 1. The average Bonchev–Trinajstić information content (AvgIpc) is 3.11. The second-order valence-corrected chi connectivity index (χ2v) is 7.33. The molecule has 0 saturated heterocycles. The van der Waals surface area contributed by atoms with Crippen LogP contribution in [-0.4, -0.2) is 38.3 Å². The van der Waals surface area contributed by atoms with Gasteiger partial charge >= 0.3 is 0 Å². The lowest BCUT2D eigenvalue weighted by molar-refractivity contribution is 0.130. The summed E-state index contributed by atoms with van der Waals surface area (Å²) in [6.45, 7) is 1.05. The highest BCUT2D eigenvalue weighted by Crippen LogP contribution is 2.31. The number of rotatable bonds is 2. The maximum atomic E-state index is 8.91. The molecule has 3 N–H and O–H groups in total. The Morgan fingerprint density at radius 3 is 2.68 bits per heavy atom. The van der Waals surface area contributed by atoms with Crippen molar-refractivity contribution in [2.24, 2.45) is 0 Å². The minimum absolute atomic E-state index is 0.0359. The van der Waals surface area contributed by atoms with Crippen molar-refractivity contribution in [3.05, 3.63) is 36.2 Å². The van der Waals surface area contributed by atoms with Crippen LogP contribution in [0.4, 0.5) is 5.95 Å². The number of nitrogens with zero attached hydrogens (tertiary/aromatic N) is 3. The molecule has 0 bridgehead atoms. The number of nitrogen functional groups attached to an aromatic ring is 1. The molecule has 0 amide bonds. The third-order valence-corrected chi connectivity index (χ3v) is 5.44. The van der Waals surface area contributed by atoms with E-state index in [0.29, 0.717) is 5.95 Å². The molecule has 1 aromatic carbocycles. The van der Waals surface area contributed by atoms with Crippen LogP contribution in [0.2, 0.25) is 0 Å². The first-order valence-electron chi connectivity index (χ1n) is 8.88. The predicted molar refractivity (Wildman–Crippen MR) is 106 cm³/mol. The summed E-state index contributed by atoms with van der Waals surface area (Å²) in [6, 6.07) is 6.16. The van der Waals surface area contributed by atoms with E-state index in [2.05, 4.69) is 32.8 Å². The normalized spacial score (nSPS) is 18.0. The topological polar surface area (TPSA) is 75.3 Å². The molecular weight excluding hydrogens is 332 g/mol. The number of para-hydroxylation sites is 1. The summed E-state index contributed by atoms with van der Waals surface area (Å²) in [5, 5.41) is 9.94. The number of aliphatic hydroxyl groups excluding tert-OH is 1. The minimum Gasteiger partial charge on any atom is -0.393 e. The van der Waals surface area contributed by atoms with Crippen LogP contribution in [0.3, 0.4) is 0 Å². The monoisotopic (exact) mass is 358 g/mol. The zero-order chi connectivity index (χ0) is 17.6. The zero-order valence-electron chi connectivity index (χ0n) is 14.7. The Kier molecular flexibility index (Phi) is 6.15. The molecular formula is C19H26N4OS. The molecule has 2 heterocycles. The second-order valence-electron chi connectivity index (χ2n) is 6.49. The third kappa shape index (κ3) is 4.64. The predicted octanol–water partition coefficient (Wildman–Crippen LogP) is 3.85. The van der Waals surface area contributed by atoms with E-state index in [9.17, 15) is 0 Å². The summed E-state index contributed by atoms with van der Waals surface area (Å²) in [4.78, 5) is 8.41. The van der Waals surface area contributed by atoms with E-state index in [1.807, 2.05) is 12.1 Å². The van der Waals surface area contributed by atoms with Crippen molar-refractivity contribution in [1.82, 2.24) is 14.3 Å². The van der Waals surface area contributed by atoms with Crippen molar-refractivity contribution in [2.45, 2.75) is 44.6 Å². The minimum atomic E-state index is 0.0359. The third-order valence-electron chi connectivity index (χ3n) is 4.69. The summed E-state index contributed by atoms with van der Waals surface area (Å²) in [6.07, 6.45) is 13.0. The number of aromatic nitrogens is 2. The lowest BCUT2D eigenvalue weighted by atomic mass is 9.98. The Labute approximate surface area is 153 Å². The van der Waals surface area contributed by atoms with Gasteiger partial charge in [0.25, 0.3) is 0 Å². The molecule has 1 fully saturated rings. The smallest absolute Gasteiger partial charge is 0.220 e. The fraction of sp³-hybridized carbons (Fsp3) is 0.474. The van der Waals surface area contributed by atoms with Gasteiger partial charge in [0.1, 0.15) is 0 Å². The van der Waals surface area contributed by atoms with Gasteiger partial charge in [0.05, 0.1) is 11.6 Å². The van der Waals surface area contributed by atoms with Gasteiger partial charge in [0.15, 0.2) is 0 Å². The summed E-state index contributed by atoms with van der Waals surface area (Å²) in [5.74, 6) is 0.329. The molecule has 6 heteroatoms. The summed E-state index contributed by atoms with van der Waals surface area (Å²) in [7, 11) is 0. The van der Waals surface area contributed by atoms with E-state index in [1.165, 1.54) is 24.8 Å². The Morgan fingerprint density at radius 1 is 1.24 bits per heavy atom. The highest BCUT2D eigenvalue weighted by atomic mass is 32.2. The SMILES string of the molecule is CSN1C=C(c2cccc3cnc(N)nc23)CC1.OC1CCCCC1. The number of hydrogen-bond donors (Lipinski definition) is 2. The van der Waals surface area contributed by atoms with Gasteiger partial charge in [0.2, 0.25) is 5.95 Å². The van der Waals surface area contributed by atoms with E-state index in [-0.39, 0.29) is 6.10 Å². The van der Waals surface area contributed by atoms with Crippen LogP contribution in [0.15, 0.2) is 30.6 Å². The maximum absolute atomic E-state index is 8.91. The second kappa shape index (κ2) is 8.54. The average molecular weight is 359 g/mol. The van der Waals surface area contributed by atoms with E-state index in [0.717, 1.165) is 42.3 Å². The van der Waals surface area contributed by atoms with Crippen molar-refractivity contribution >= 4 is 34.4 Å². The van der Waals surface area contributed by atoms with E-state index in [4.69, 9.17) is 10.8 Å². The van der Waals surface area contributed by atoms with E-state index < -0.39 is 0 Å². The van der Waals surface area contributed by atoms with Crippen molar-refractivity contribution < 1.29 is 5.11 Å². The lowest BCUT2D eigenvalue weighted by Crippen LogP contribution is -2.09. The van der Waals surface area contributed by atoms with Gasteiger partial charge in [0, 0.05) is 36.1 Å². The van der Waals surface area contributed by atoms with Gasteiger partial charge in [-0.25, -0.2) is 9.97 Å². The zero-order valence-corrected chi connectivity index (χ0v) is 15.5. The fourth-order valence-corrected chi connectivity index (χ4v) is 3.80. The first-order valence-corrected chi connectivity index (χ1v) is 10.1. The summed E-state index contributed by atoms with van der Waals surface area (Å²) < 4.78 is 2.23. The van der Waals surface area contributed by atoms with Crippen LogP contribution in [0, 0.1) is 0 Å². The number of anilines is 1. The molecule has 1 aliphatic heterocycles. The molecule has 0 spiro atoms. The quantitative estimate of drug-likeness (QED) is 0.794. The Morgan fingerprint density at radius 2 is 2.04 bits per heavy atom. The molecule has 1 aliphatic carbocycles. The van der Waals surface area contributed by atoms with Gasteiger partial charge in [-0.1, -0.05) is 49.4 Å². The van der Waals surface area contributed by atoms with Gasteiger partial charge in [-0.2, -0.15) is 0 Å².